The molecule has 0 bridgehead atoms. The van der Waals surface area contributed by atoms with Crippen LogP contribution in [0.15, 0.2) is 60.7 Å². The van der Waals surface area contributed by atoms with Crippen LogP contribution in [0.25, 0.3) is 0 Å². The second-order valence-corrected chi connectivity index (χ2v) is 5.67. The first-order chi connectivity index (χ1) is 9.77. The zero-order valence-corrected chi connectivity index (χ0v) is 12.5. The van der Waals surface area contributed by atoms with E-state index in [1.165, 1.54) is 0 Å². The smallest absolute Gasteiger partial charge is 0.321 e. The van der Waals surface area contributed by atoms with Crippen molar-refractivity contribution in [3.05, 3.63) is 71.8 Å². The molecular formula is C17H15BrO2. The van der Waals surface area contributed by atoms with Crippen LogP contribution in [0.3, 0.4) is 0 Å². The van der Waals surface area contributed by atoms with E-state index in [1.54, 1.807) is 0 Å². The van der Waals surface area contributed by atoms with Gasteiger partial charge in [-0.2, -0.15) is 0 Å². The number of carbonyl (C=O) groups is 1. The lowest BCUT2D eigenvalue weighted by Gasteiger charge is -2.26. The normalized spacial score (nSPS) is 20.6. The molecule has 2 aromatic rings. The summed E-state index contributed by atoms with van der Waals surface area (Å²) < 4.78 is 5.55. The molecule has 2 nitrogen and oxygen atoms in total. The topological polar surface area (TPSA) is 26.3 Å². The average Bonchev–Trinajstić information content (AvgIpc) is 2.87. The van der Waals surface area contributed by atoms with Gasteiger partial charge in [0, 0.05) is 11.8 Å². The van der Waals surface area contributed by atoms with Crippen molar-refractivity contribution in [2.45, 2.75) is 17.9 Å². The van der Waals surface area contributed by atoms with Gasteiger partial charge in [0.25, 0.3) is 0 Å². The number of benzene rings is 2. The predicted octanol–water partition coefficient (Wildman–Crippen LogP) is 3.68. The lowest BCUT2D eigenvalue weighted by atomic mass is 9.72. The summed E-state index contributed by atoms with van der Waals surface area (Å²) in [6.45, 7) is 0. The van der Waals surface area contributed by atoms with Gasteiger partial charge in [0.15, 0.2) is 0 Å². The van der Waals surface area contributed by atoms with Crippen molar-refractivity contribution >= 4 is 21.9 Å². The maximum atomic E-state index is 12.6. The molecule has 1 aliphatic rings. The Kier molecular flexibility index (Phi) is 3.62. The maximum Gasteiger partial charge on any atom is 0.321 e. The molecule has 2 aromatic carbocycles. The quantitative estimate of drug-likeness (QED) is 0.633. The molecule has 20 heavy (non-hydrogen) atoms. The van der Waals surface area contributed by atoms with E-state index in [4.69, 9.17) is 4.74 Å². The SMILES string of the molecule is O=C1O[C@@H](CBr)CC1(c1ccccc1)c1ccccc1. The number of alkyl halides is 1. The third-order valence-electron chi connectivity index (χ3n) is 3.86. The largest absolute Gasteiger partial charge is 0.461 e. The summed E-state index contributed by atoms with van der Waals surface area (Å²) in [5.74, 6) is -0.153. The Morgan fingerprint density at radius 1 is 1.00 bits per heavy atom. The average molecular weight is 331 g/mol. The van der Waals surface area contributed by atoms with Crippen molar-refractivity contribution in [3.8, 4) is 0 Å². The number of ether oxygens (including phenoxy) is 1. The van der Waals surface area contributed by atoms with Crippen LogP contribution < -0.4 is 0 Å². The Labute approximate surface area is 126 Å². The first-order valence-electron chi connectivity index (χ1n) is 6.65. The highest BCUT2D eigenvalue weighted by atomic mass is 79.9. The monoisotopic (exact) mass is 330 g/mol. The van der Waals surface area contributed by atoms with Crippen LogP contribution in [0.5, 0.6) is 0 Å². The summed E-state index contributed by atoms with van der Waals surface area (Å²) >= 11 is 3.42. The number of esters is 1. The van der Waals surface area contributed by atoms with Crippen molar-refractivity contribution < 1.29 is 9.53 Å². The van der Waals surface area contributed by atoms with Gasteiger partial charge >= 0.3 is 5.97 Å². The molecule has 3 rings (SSSR count). The molecule has 102 valence electrons. The van der Waals surface area contributed by atoms with Gasteiger partial charge in [-0.1, -0.05) is 76.6 Å². The predicted molar refractivity (Wildman–Crippen MR) is 82.0 cm³/mol. The minimum atomic E-state index is -0.680. The molecule has 1 atom stereocenters. The van der Waals surface area contributed by atoms with Crippen LogP contribution in [0, 0.1) is 0 Å². The highest BCUT2D eigenvalue weighted by Gasteiger charge is 2.51. The highest BCUT2D eigenvalue weighted by Crippen LogP contribution is 2.43. The van der Waals surface area contributed by atoms with Gasteiger partial charge in [0.05, 0.1) is 0 Å². The summed E-state index contributed by atoms with van der Waals surface area (Å²) in [6, 6.07) is 19.8. The van der Waals surface area contributed by atoms with Gasteiger partial charge in [-0.3, -0.25) is 4.79 Å². The summed E-state index contributed by atoms with van der Waals surface area (Å²) in [6.07, 6.45) is 0.591. The van der Waals surface area contributed by atoms with E-state index in [-0.39, 0.29) is 12.1 Å². The minimum absolute atomic E-state index is 0.0806. The zero-order valence-electron chi connectivity index (χ0n) is 11.0. The molecule has 0 radical (unpaired) electrons. The van der Waals surface area contributed by atoms with Crippen LogP contribution in [0.2, 0.25) is 0 Å². The second-order valence-electron chi connectivity index (χ2n) is 5.02. The van der Waals surface area contributed by atoms with Crippen LogP contribution in [-0.4, -0.2) is 17.4 Å². The minimum Gasteiger partial charge on any atom is -0.461 e. The van der Waals surface area contributed by atoms with Crippen molar-refractivity contribution in [2.24, 2.45) is 0 Å². The fraction of sp³-hybridized carbons (Fsp3) is 0.235. The Hall–Kier alpha value is -1.61. The lowest BCUT2D eigenvalue weighted by molar-refractivity contribution is -0.143. The molecule has 1 saturated heterocycles. The lowest BCUT2D eigenvalue weighted by Crippen LogP contribution is -2.33. The van der Waals surface area contributed by atoms with Crippen molar-refractivity contribution in [1.82, 2.24) is 0 Å². The van der Waals surface area contributed by atoms with Crippen LogP contribution in [0.1, 0.15) is 17.5 Å². The van der Waals surface area contributed by atoms with Gasteiger partial charge in [-0.05, 0) is 11.1 Å². The standard InChI is InChI=1S/C17H15BrO2/c18-12-15-11-17(16(19)20-15,13-7-3-1-4-8-13)14-9-5-2-6-10-14/h1-10,15H,11-12H2/t15-/m1/s1. The Balaban J connectivity index is 2.17. The van der Waals surface area contributed by atoms with E-state index in [0.717, 1.165) is 11.1 Å². The maximum absolute atomic E-state index is 12.6. The summed E-state index contributed by atoms with van der Waals surface area (Å²) in [7, 11) is 0. The molecule has 1 fully saturated rings. The summed E-state index contributed by atoms with van der Waals surface area (Å²) in [4.78, 5) is 12.6. The van der Waals surface area contributed by atoms with E-state index in [1.807, 2.05) is 60.7 Å². The molecule has 0 spiro atoms. The molecular weight excluding hydrogens is 316 g/mol. The van der Waals surface area contributed by atoms with E-state index in [0.29, 0.717) is 11.8 Å². The fourth-order valence-corrected chi connectivity index (χ4v) is 3.25. The molecule has 0 N–H and O–H groups in total. The molecule has 0 aromatic heterocycles. The van der Waals surface area contributed by atoms with Gasteiger partial charge in [0.1, 0.15) is 11.5 Å². The highest BCUT2D eigenvalue weighted by molar-refractivity contribution is 9.09. The molecule has 0 unspecified atom stereocenters. The van der Waals surface area contributed by atoms with E-state index in [9.17, 15) is 4.79 Å². The van der Waals surface area contributed by atoms with Crippen molar-refractivity contribution in [1.29, 1.82) is 0 Å². The Bertz CT molecular complexity index is 555. The third kappa shape index (κ3) is 2.06. The van der Waals surface area contributed by atoms with Crippen molar-refractivity contribution in [2.75, 3.05) is 5.33 Å². The molecule has 1 heterocycles. The number of rotatable bonds is 3. The molecule has 0 saturated carbocycles. The Morgan fingerprint density at radius 2 is 1.50 bits per heavy atom. The Morgan fingerprint density at radius 3 is 1.90 bits per heavy atom. The van der Waals surface area contributed by atoms with E-state index < -0.39 is 5.41 Å². The van der Waals surface area contributed by atoms with Crippen LogP contribution in [0.4, 0.5) is 0 Å². The van der Waals surface area contributed by atoms with E-state index >= 15 is 0 Å². The van der Waals surface area contributed by atoms with Crippen LogP contribution in [-0.2, 0) is 14.9 Å². The second kappa shape index (κ2) is 5.41. The van der Waals surface area contributed by atoms with Crippen LogP contribution >= 0.6 is 15.9 Å². The number of halogens is 1. The van der Waals surface area contributed by atoms with Gasteiger partial charge in [-0.25, -0.2) is 0 Å². The summed E-state index contributed by atoms with van der Waals surface area (Å²) in [5, 5.41) is 0.667. The zero-order chi connectivity index (χ0) is 14.0. The van der Waals surface area contributed by atoms with Crippen molar-refractivity contribution in [3.63, 3.8) is 0 Å². The number of hydrogen-bond donors (Lipinski definition) is 0. The molecule has 1 aliphatic heterocycles. The first kappa shape index (κ1) is 13.4. The first-order valence-corrected chi connectivity index (χ1v) is 7.77. The van der Waals surface area contributed by atoms with E-state index in [2.05, 4.69) is 15.9 Å². The number of cyclic esters (lactones) is 1. The molecule has 0 amide bonds. The number of hydrogen-bond acceptors (Lipinski definition) is 2. The number of carbonyl (C=O) groups excluding carboxylic acids is 1. The third-order valence-corrected chi connectivity index (χ3v) is 4.58. The van der Waals surface area contributed by atoms with Gasteiger partial charge in [0.2, 0.25) is 0 Å². The fourth-order valence-electron chi connectivity index (χ4n) is 2.89. The molecule has 3 heteroatoms. The van der Waals surface area contributed by atoms with Gasteiger partial charge < -0.3 is 4.74 Å². The molecule has 0 aliphatic carbocycles. The van der Waals surface area contributed by atoms with Gasteiger partial charge in [-0.15, -0.1) is 0 Å². The summed E-state index contributed by atoms with van der Waals surface area (Å²) in [5.41, 5.74) is 1.32.